The number of aromatic nitrogens is 8. The maximum Gasteiger partial charge on any atom is 0.162 e. The van der Waals surface area contributed by atoms with Gasteiger partial charge in [0, 0.05) is 60.8 Å². The highest BCUT2D eigenvalue weighted by atomic mass is 19.1. The molecule has 1 unspecified atom stereocenters. The molecule has 52 heavy (non-hydrogen) atoms. The summed E-state index contributed by atoms with van der Waals surface area (Å²) in [6.45, 7) is 8.88. The van der Waals surface area contributed by atoms with E-state index in [4.69, 9.17) is 0 Å². The topological polar surface area (TPSA) is 109 Å². The molecule has 0 saturated heterocycles. The van der Waals surface area contributed by atoms with Crippen molar-refractivity contribution in [3.8, 4) is 11.4 Å². The van der Waals surface area contributed by atoms with Crippen LogP contribution in [0.5, 0.6) is 0 Å². The second-order valence-corrected chi connectivity index (χ2v) is 14.4. The monoisotopic (exact) mass is 706 g/mol. The fourth-order valence-corrected chi connectivity index (χ4v) is 6.55. The molecule has 2 aliphatic rings. The Bertz CT molecular complexity index is 2200. The van der Waals surface area contributed by atoms with E-state index in [1.165, 1.54) is 56.9 Å². The maximum atomic E-state index is 13.6. The number of nitrogens with zero attached hydrogens (tertiary/aromatic N) is 8. The van der Waals surface area contributed by atoms with Crippen LogP contribution in [0.4, 0.5) is 8.78 Å². The number of carbonyl (C=O) groups excluding carboxylic acids is 1. The normalized spacial score (nSPS) is 14.7. The molecule has 1 atom stereocenters. The quantitative estimate of drug-likeness (QED) is 0.134. The van der Waals surface area contributed by atoms with Crippen LogP contribution in [0.1, 0.15) is 95.5 Å². The summed E-state index contributed by atoms with van der Waals surface area (Å²) in [5.74, 6) is 0.578. The van der Waals surface area contributed by atoms with Crippen LogP contribution in [-0.2, 0) is 25.9 Å². The van der Waals surface area contributed by atoms with Crippen LogP contribution in [0.15, 0.2) is 73.3 Å². The average molecular weight is 707 g/mol. The Balaban J connectivity index is 0.000000162. The number of aliphatic hydroxyl groups is 1. The predicted molar refractivity (Wildman–Crippen MR) is 193 cm³/mol. The number of ketones is 1. The van der Waals surface area contributed by atoms with E-state index in [9.17, 15) is 18.7 Å². The minimum absolute atomic E-state index is 0.184. The zero-order chi connectivity index (χ0) is 36.5. The van der Waals surface area contributed by atoms with Gasteiger partial charge >= 0.3 is 0 Å². The van der Waals surface area contributed by atoms with Gasteiger partial charge in [-0.2, -0.15) is 20.4 Å². The maximum absolute atomic E-state index is 13.6. The molecular weight excluding hydrogens is 662 g/mol. The number of Topliss-reactive ketones (excluding diaryl/α,β-unsaturated/α-hetero) is 1. The van der Waals surface area contributed by atoms with Crippen LogP contribution in [-0.4, -0.2) is 50.0 Å². The van der Waals surface area contributed by atoms with Gasteiger partial charge in [-0.15, -0.1) is 0 Å². The lowest BCUT2D eigenvalue weighted by atomic mass is 10.1. The van der Waals surface area contributed by atoms with Crippen molar-refractivity contribution in [2.24, 2.45) is 11.8 Å². The van der Waals surface area contributed by atoms with E-state index < -0.39 is 11.9 Å². The fraction of sp³-hybridized carbons (Fsp3) is 0.375. The second-order valence-electron chi connectivity index (χ2n) is 14.4. The van der Waals surface area contributed by atoms with E-state index in [0.717, 1.165) is 58.8 Å². The first-order chi connectivity index (χ1) is 25.0. The molecule has 6 aromatic rings. The lowest BCUT2D eigenvalue weighted by Crippen LogP contribution is -2.09. The minimum atomic E-state index is -0.778. The SMILES string of the molecule is CC(=O)c1cc(F)ccc1-n1nc(C)cc1Cc1cnn(CC2CC2)c1.Cc1cc(Cc2cnn(CC3CC3)c2)n(-c2ccc(F)cc2C(C)O)n1. The molecule has 0 bridgehead atoms. The van der Waals surface area contributed by atoms with Crippen molar-refractivity contribution in [1.29, 1.82) is 0 Å². The van der Waals surface area contributed by atoms with Crippen LogP contribution in [0.3, 0.4) is 0 Å². The number of aryl methyl sites for hydroxylation is 2. The summed E-state index contributed by atoms with van der Waals surface area (Å²) >= 11 is 0. The van der Waals surface area contributed by atoms with E-state index in [0.29, 0.717) is 35.3 Å². The molecule has 1 N–H and O–H groups in total. The molecule has 0 radical (unpaired) electrons. The molecule has 270 valence electrons. The van der Waals surface area contributed by atoms with Crippen molar-refractivity contribution in [2.45, 2.75) is 85.4 Å². The van der Waals surface area contributed by atoms with Gasteiger partial charge in [-0.1, -0.05) is 0 Å². The van der Waals surface area contributed by atoms with Gasteiger partial charge in [0.25, 0.3) is 0 Å². The highest BCUT2D eigenvalue weighted by Gasteiger charge is 2.23. The molecule has 0 spiro atoms. The van der Waals surface area contributed by atoms with E-state index in [-0.39, 0.29) is 11.6 Å². The molecule has 0 aliphatic heterocycles. The third kappa shape index (κ3) is 8.45. The summed E-state index contributed by atoms with van der Waals surface area (Å²) in [5.41, 5.74) is 8.05. The second kappa shape index (κ2) is 14.8. The number of carbonyl (C=O) groups is 1. The Kier molecular flexibility index (Phi) is 10.0. The largest absolute Gasteiger partial charge is 0.389 e. The van der Waals surface area contributed by atoms with Crippen LogP contribution in [0.2, 0.25) is 0 Å². The first-order valence-electron chi connectivity index (χ1n) is 17.9. The van der Waals surface area contributed by atoms with E-state index in [2.05, 4.69) is 32.8 Å². The molecule has 12 heteroatoms. The Morgan fingerprint density at radius 3 is 1.73 bits per heavy atom. The van der Waals surface area contributed by atoms with Crippen molar-refractivity contribution in [3.05, 3.63) is 130 Å². The van der Waals surface area contributed by atoms with Gasteiger partial charge in [0.05, 0.1) is 41.3 Å². The summed E-state index contributed by atoms with van der Waals surface area (Å²) in [6, 6.07) is 12.7. The Hall–Kier alpha value is -5.23. The van der Waals surface area contributed by atoms with Crippen LogP contribution >= 0.6 is 0 Å². The van der Waals surface area contributed by atoms with Gasteiger partial charge in [-0.25, -0.2) is 18.1 Å². The van der Waals surface area contributed by atoms with E-state index in [1.807, 2.05) is 47.7 Å². The number of rotatable bonds is 12. The molecule has 4 heterocycles. The van der Waals surface area contributed by atoms with Crippen molar-refractivity contribution >= 4 is 5.78 Å². The third-order valence-electron chi connectivity index (χ3n) is 9.47. The van der Waals surface area contributed by atoms with Gasteiger partial charge in [0.2, 0.25) is 0 Å². The molecule has 4 aromatic heterocycles. The number of aliphatic hydroxyl groups excluding tert-OH is 1. The molecule has 2 aliphatic carbocycles. The first-order valence-corrected chi connectivity index (χ1v) is 17.9. The highest BCUT2D eigenvalue weighted by molar-refractivity contribution is 5.97. The Morgan fingerprint density at radius 1 is 0.769 bits per heavy atom. The zero-order valence-electron chi connectivity index (χ0n) is 30.0. The molecule has 2 aromatic carbocycles. The Morgan fingerprint density at radius 2 is 1.25 bits per heavy atom. The van der Waals surface area contributed by atoms with Crippen LogP contribution in [0, 0.1) is 37.3 Å². The average Bonchev–Trinajstić information content (AvgIpc) is 3.91. The minimum Gasteiger partial charge on any atom is -0.389 e. The summed E-state index contributed by atoms with van der Waals surface area (Å²) in [4.78, 5) is 12.0. The molecule has 0 amide bonds. The Labute approximate surface area is 301 Å². The van der Waals surface area contributed by atoms with Gasteiger partial charge in [-0.3, -0.25) is 14.2 Å². The lowest BCUT2D eigenvalue weighted by molar-refractivity contribution is 0.101. The van der Waals surface area contributed by atoms with Crippen molar-refractivity contribution < 1.29 is 18.7 Å². The van der Waals surface area contributed by atoms with E-state index in [1.54, 1.807) is 28.4 Å². The lowest BCUT2D eigenvalue weighted by Gasteiger charge is -2.14. The highest BCUT2D eigenvalue weighted by Crippen LogP contribution is 2.31. The zero-order valence-corrected chi connectivity index (χ0v) is 30.0. The molecule has 10 nitrogen and oxygen atoms in total. The van der Waals surface area contributed by atoms with Crippen molar-refractivity contribution in [2.75, 3.05) is 0 Å². The predicted octanol–water partition coefficient (Wildman–Crippen LogP) is 7.29. The molecule has 8 rings (SSSR count). The number of hydrogen-bond donors (Lipinski definition) is 1. The van der Waals surface area contributed by atoms with Crippen molar-refractivity contribution in [3.63, 3.8) is 0 Å². The third-order valence-corrected chi connectivity index (χ3v) is 9.47. The van der Waals surface area contributed by atoms with Gasteiger partial charge in [0.1, 0.15) is 11.6 Å². The number of halogens is 2. The van der Waals surface area contributed by atoms with E-state index >= 15 is 0 Å². The number of hydrogen-bond acceptors (Lipinski definition) is 6. The van der Waals surface area contributed by atoms with Gasteiger partial charge in [0.15, 0.2) is 5.78 Å². The van der Waals surface area contributed by atoms with Crippen molar-refractivity contribution in [1.82, 2.24) is 39.1 Å². The smallest absolute Gasteiger partial charge is 0.162 e. The van der Waals surface area contributed by atoms with Crippen LogP contribution < -0.4 is 0 Å². The molecular formula is C40H44F2N8O2. The molecule has 2 saturated carbocycles. The molecule has 2 fully saturated rings. The summed E-state index contributed by atoms with van der Waals surface area (Å²) < 4.78 is 34.8. The van der Waals surface area contributed by atoms with Crippen LogP contribution in [0.25, 0.3) is 11.4 Å². The summed E-state index contributed by atoms with van der Waals surface area (Å²) in [6.07, 6.45) is 13.7. The standard InChI is InChI=1S/C20H23FN4O.C20H21FN4O/c2*1-13-7-18(8-16-10-22-24(12-16)11-15-3-4-15)25(23-13)20-6-5-17(21)9-19(20)14(2)26/h5-7,9-10,12,14-15,26H,3-4,8,11H2,1-2H3;5-7,9-10,12,15H,3-4,8,11H2,1-2H3. The van der Waals surface area contributed by atoms with Gasteiger partial charge in [-0.05, 0) is 125 Å². The van der Waals surface area contributed by atoms with Gasteiger partial charge < -0.3 is 5.11 Å². The summed E-state index contributed by atoms with van der Waals surface area (Å²) in [7, 11) is 0. The first kappa shape index (κ1) is 35.2. The number of benzene rings is 2. The summed E-state index contributed by atoms with van der Waals surface area (Å²) in [5, 5.41) is 28.0. The fourth-order valence-electron chi connectivity index (χ4n) is 6.55.